The van der Waals surface area contributed by atoms with E-state index in [1.165, 1.54) is 12.1 Å². The average Bonchev–Trinajstić information content (AvgIpc) is 3.05. The average molecular weight is 424 g/mol. The van der Waals surface area contributed by atoms with Crippen molar-refractivity contribution < 1.29 is 19.0 Å². The number of halogens is 1. The maximum absolute atomic E-state index is 13.9. The molecule has 1 aliphatic heterocycles. The third-order valence-electron chi connectivity index (χ3n) is 5.49. The summed E-state index contributed by atoms with van der Waals surface area (Å²) >= 11 is 0. The van der Waals surface area contributed by atoms with E-state index < -0.39 is 5.82 Å². The van der Waals surface area contributed by atoms with E-state index in [4.69, 9.17) is 4.74 Å². The van der Waals surface area contributed by atoms with Gasteiger partial charge in [0.1, 0.15) is 5.69 Å². The lowest BCUT2D eigenvalue weighted by molar-refractivity contribution is -0.150. The molecule has 0 amide bonds. The smallest absolute Gasteiger partial charge is 0.310 e. The van der Waals surface area contributed by atoms with E-state index in [1.54, 1.807) is 23.6 Å². The van der Waals surface area contributed by atoms with E-state index in [0.717, 1.165) is 30.3 Å². The Labute approximate surface area is 179 Å². The summed E-state index contributed by atoms with van der Waals surface area (Å²) in [5.74, 6) is -0.863. The first kappa shape index (κ1) is 21.0. The second-order valence-corrected chi connectivity index (χ2v) is 7.58. The largest absolute Gasteiger partial charge is 0.493 e. The molecule has 1 aliphatic rings. The highest BCUT2D eigenvalue weighted by molar-refractivity contribution is 5.95. The standard InChI is InChI=1S/C23H25FN4O3/c1-2-31-23(30)16-8-7-13-27(14-16)15-28-20-12-6-3-9-17(20)21(22(28)29)26-25-19-11-5-4-10-18(19)24/h3-6,9-12,16,29H,2,7-8,13-15H2,1H3. The van der Waals surface area contributed by atoms with Gasteiger partial charge < -0.3 is 9.84 Å². The number of azo groups is 1. The molecular weight excluding hydrogens is 399 g/mol. The third kappa shape index (κ3) is 4.44. The van der Waals surface area contributed by atoms with Gasteiger partial charge in [-0.15, -0.1) is 10.2 Å². The van der Waals surface area contributed by atoms with Crippen LogP contribution < -0.4 is 0 Å². The number of esters is 1. The second-order valence-electron chi connectivity index (χ2n) is 7.58. The number of fused-ring (bicyclic) bond motifs is 1. The van der Waals surface area contributed by atoms with Crippen LogP contribution in [-0.2, 0) is 16.2 Å². The van der Waals surface area contributed by atoms with Crippen molar-refractivity contribution in [2.45, 2.75) is 26.4 Å². The number of carbonyl (C=O) groups excluding carboxylic acids is 1. The summed E-state index contributed by atoms with van der Waals surface area (Å²) in [5, 5.41) is 19.8. The molecule has 162 valence electrons. The van der Waals surface area contributed by atoms with Crippen molar-refractivity contribution in [3.8, 4) is 5.88 Å². The number of benzene rings is 2. The van der Waals surface area contributed by atoms with Crippen molar-refractivity contribution in [2.24, 2.45) is 16.1 Å². The normalized spacial score (nSPS) is 17.4. The second kappa shape index (κ2) is 9.26. The number of ether oxygens (including phenoxy) is 1. The summed E-state index contributed by atoms with van der Waals surface area (Å²) in [6.07, 6.45) is 1.68. The molecule has 0 spiro atoms. The Kier molecular flexibility index (Phi) is 6.27. The Balaban J connectivity index is 1.62. The van der Waals surface area contributed by atoms with Crippen LogP contribution in [0.3, 0.4) is 0 Å². The van der Waals surface area contributed by atoms with E-state index in [-0.39, 0.29) is 29.1 Å². The fourth-order valence-corrected chi connectivity index (χ4v) is 3.99. The minimum Gasteiger partial charge on any atom is -0.493 e. The van der Waals surface area contributed by atoms with Crippen LogP contribution in [0.2, 0.25) is 0 Å². The number of aromatic hydroxyl groups is 1. The number of carbonyl (C=O) groups is 1. The summed E-state index contributed by atoms with van der Waals surface area (Å²) in [5.41, 5.74) is 1.19. The van der Waals surface area contributed by atoms with Crippen LogP contribution >= 0.6 is 0 Å². The highest BCUT2D eigenvalue weighted by atomic mass is 19.1. The van der Waals surface area contributed by atoms with Crippen LogP contribution in [0.5, 0.6) is 5.88 Å². The van der Waals surface area contributed by atoms with Gasteiger partial charge in [0.15, 0.2) is 11.5 Å². The van der Waals surface area contributed by atoms with Gasteiger partial charge in [0.05, 0.1) is 24.7 Å². The first-order valence-electron chi connectivity index (χ1n) is 10.4. The molecule has 2 heterocycles. The van der Waals surface area contributed by atoms with Gasteiger partial charge in [0.25, 0.3) is 0 Å². The Morgan fingerprint density at radius 1 is 1.19 bits per heavy atom. The maximum Gasteiger partial charge on any atom is 0.310 e. The van der Waals surface area contributed by atoms with E-state index in [0.29, 0.717) is 19.8 Å². The summed E-state index contributed by atoms with van der Waals surface area (Å²) in [6, 6.07) is 13.6. The molecule has 0 saturated carbocycles. The topological polar surface area (TPSA) is 79.4 Å². The van der Waals surface area contributed by atoms with Gasteiger partial charge in [-0.1, -0.05) is 30.3 Å². The molecule has 4 rings (SSSR count). The number of hydrogen-bond donors (Lipinski definition) is 1. The van der Waals surface area contributed by atoms with Gasteiger partial charge in [0, 0.05) is 11.9 Å². The number of aromatic nitrogens is 1. The SMILES string of the molecule is CCOC(=O)C1CCCN(Cn2c(O)c(N=Nc3ccccc3F)c3ccccc32)C1. The van der Waals surface area contributed by atoms with Crippen molar-refractivity contribution >= 4 is 28.2 Å². The number of rotatable bonds is 6. The minimum atomic E-state index is -0.479. The van der Waals surface area contributed by atoms with Gasteiger partial charge >= 0.3 is 5.97 Å². The van der Waals surface area contributed by atoms with Crippen LogP contribution in [0.15, 0.2) is 58.8 Å². The van der Waals surface area contributed by atoms with Crippen molar-refractivity contribution in [1.82, 2.24) is 9.47 Å². The number of hydrogen-bond acceptors (Lipinski definition) is 6. The van der Waals surface area contributed by atoms with E-state index in [2.05, 4.69) is 15.1 Å². The summed E-state index contributed by atoms with van der Waals surface area (Å²) in [7, 11) is 0. The highest BCUT2D eigenvalue weighted by Gasteiger charge is 2.28. The number of piperidine rings is 1. The highest BCUT2D eigenvalue weighted by Crippen LogP contribution is 2.40. The quantitative estimate of drug-likeness (QED) is 0.439. The molecule has 3 aromatic rings. The lowest BCUT2D eigenvalue weighted by Crippen LogP contribution is -2.40. The van der Waals surface area contributed by atoms with E-state index in [9.17, 15) is 14.3 Å². The zero-order valence-electron chi connectivity index (χ0n) is 17.4. The molecule has 0 bridgehead atoms. The Hall–Kier alpha value is -3.26. The number of para-hydroxylation sites is 1. The summed E-state index contributed by atoms with van der Waals surface area (Å²) in [6.45, 7) is 3.96. The lowest BCUT2D eigenvalue weighted by Gasteiger charge is -2.31. The Morgan fingerprint density at radius 3 is 2.77 bits per heavy atom. The monoisotopic (exact) mass is 424 g/mol. The molecule has 1 fully saturated rings. The molecule has 0 aliphatic carbocycles. The lowest BCUT2D eigenvalue weighted by atomic mass is 9.98. The van der Waals surface area contributed by atoms with Gasteiger partial charge in [-0.25, -0.2) is 4.39 Å². The zero-order valence-corrected chi connectivity index (χ0v) is 17.4. The number of likely N-dealkylation sites (tertiary alicyclic amines) is 1. The molecule has 1 N–H and O–H groups in total. The third-order valence-corrected chi connectivity index (χ3v) is 5.49. The molecule has 31 heavy (non-hydrogen) atoms. The van der Waals surface area contributed by atoms with Crippen LogP contribution in [0.1, 0.15) is 19.8 Å². The molecule has 7 nitrogen and oxygen atoms in total. The summed E-state index contributed by atoms with van der Waals surface area (Å²) < 4.78 is 20.8. The van der Waals surface area contributed by atoms with Gasteiger partial charge in [-0.2, -0.15) is 0 Å². The van der Waals surface area contributed by atoms with Crippen LogP contribution in [0.25, 0.3) is 10.9 Å². The van der Waals surface area contributed by atoms with Crippen molar-refractivity contribution in [3.05, 3.63) is 54.3 Å². The van der Waals surface area contributed by atoms with Crippen LogP contribution in [-0.4, -0.2) is 40.2 Å². The van der Waals surface area contributed by atoms with E-state index >= 15 is 0 Å². The van der Waals surface area contributed by atoms with Crippen LogP contribution in [0, 0.1) is 11.7 Å². The fourth-order valence-electron chi connectivity index (χ4n) is 3.99. The maximum atomic E-state index is 13.9. The minimum absolute atomic E-state index is 0.0421. The van der Waals surface area contributed by atoms with Crippen molar-refractivity contribution in [3.63, 3.8) is 0 Å². The molecule has 1 aromatic heterocycles. The van der Waals surface area contributed by atoms with E-state index in [1.807, 2.05) is 24.3 Å². The molecule has 1 unspecified atom stereocenters. The van der Waals surface area contributed by atoms with Gasteiger partial charge in [0.2, 0.25) is 5.88 Å². The van der Waals surface area contributed by atoms with Gasteiger partial charge in [-0.05, 0) is 44.5 Å². The fraction of sp³-hybridized carbons (Fsp3) is 0.348. The molecule has 8 heteroatoms. The van der Waals surface area contributed by atoms with Crippen molar-refractivity contribution in [2.75, 3.05) is 19.7 Å². The molecular formula is C23H25FN4O3. The van der Waals surface area contributed by atoms with Crippen LogP contribution in [0.4, 0.5) is 15.8 Å². The Morgan fingerprint density at radius 2 is 1.97 bits per heavy atom. The first-order chi connectivity index (χ1) is 15.1. The molecule has 1 atom stereocenters. The summed E-state index contributed by atoms with van der Waals surface area (Å²) in [4.78, 5) is 14.3. The number of nitrogens with zero attached hydrogens (tertiary/aromatic N) is 4. The Bertz CT molecular complexity index is 1110. The molecule has 0 radical (unpaired) electrons. The molecule has 2 aromatic carbocycles. The van der Waals surface area contributed by atoms with Crippen molar-refractivity contribution in [1.29, 1.82) is 0 Å². The first-order valence-corrected chi connectivity index (χ1v) is 10.4. The predicted molar refractivity (Wildman–Crippen MR) is 115 cm³/mol. The van der Waals surface area contributed by atoms with Gasteiger partial charge in [-0.3, -0.25) is 14.3 Å². The predicted octanol–water partition coefficient (Wildman–Crippen LogP) is 5.13. The molecule has 1 saturated heterocycles. The zero-order chi connectivity index (χ0) is 21.8.